The highest BCUT2D eigenvalue weighted by molar-refractivity contribution is 7.23. The number of anilines is 1. The summed E-state index contributed by atoms with van der Waals surface area (Å²) in [7, 11) is 0. The molecule has 0 aromatic carbocycles. The third-order valence-electron chi connectivity index (χ3n) is 5.85. The number of nitrogens with one attached hydrogen (secondary N) is 1. The number of carbonyl (C=O) groups excluding carboxylic acids is 2. The first-order valence-corrected chi connectivity index (χ1v) is 10.3. The van der Waals surface area contributed by atoms with Crippen LogP contribution < -0.4 is 10.2 Å². The number of morpholine rings is 1. The molecule has 0 aliphatic carbocycles. The summed E-state index contributed by atoms with van der Waals surface area (Å²) in [5.74, 6) is 0.456. The summed E-state index contributed by atoms with van der Waals surface area (Å²) in [6.45, 7) is 4.48. The third-order valence-corrected chi connectivity index (χ3v) is 6.97. The van der Waals surface area contributed by atoms with E-state index in [0.717, 1.165) is 34.7 Å². The second-order valence-corrected chi connectivity index (χ2v) is 8.57. The van der Waals surface area contributed by atoms with Gasteiger partial charge in [0.05, 0.1) is 18.2 Å². The average molecular weight is 386 g/mol. The molecule has 4 aliphatic heterocycles. The van der Waals surface area contributed by atoms with E-state index in [2.05, 4.69) is 15.2 Å². The molecule has 2 aromatic heterocycles. The highest BCUT2D eigenvalue weighted by atomic mass is 32.1. The zero-order valence-electron chi connectivity index (χ0n) is 15.0. The van der Waals surface area contributed by atoms with Gasteiger partial charge in [0.1, 0.15) is 12.3 Å². The van der Waals surface area contributed by atoms with Gasteiger partial charge >= 0.3 is 0 Å². The highest BCUT2D eigenvalue weighted by Crippen LogP contribution is 2.33. The Morgan fingerprint density at radius 3 is 2.85 bits per heavy atom. The lowest BCUT2D eigenvalue weighted by Gasteiger charge is -2.44. The molecule has 0 radical (unpaired) electrons. The van der Waals surface area contributed by atoms with E-state index in [9.17, 15) is 9.59 Å². The minimum absolute atomic E-state index is 0.0268. The molecular weight excluding hydrogens is 364 g/mol. The lowest BCUT2D eigenvalue weighted by Crippen LogP contribution is -2.57. The van der Waals surface area contributed by atoms with Crippen LogP contribution in [-0.4, -0.2) is 67.1 Å². The number of hydrogen-bond donors (Lipinski definition) is 1. The first kappa shape index (κ1) is 17.1. The van der Waals surface area contributed by atoms with Gasteiger partial charge in [-0.2, -0.15) is 0 Å². The summed E-state index contributed by atoms with van der Waals surface area (Å²) in [4.78, 5) is 33.3. The SMILES string of the molecule is O=C(N[C@H]1CN2CCC1CC2)c1cc2sc(N3CCOCC3=O)cc2cn1. The normalized spacial score (nSPS) is 27.9. The van der Waals surface area contributed by atoms with Gasteiger partial charge in [-0.3, -0.25) is 19.5 Å². The van der Waals surface area contributed by atoms with Crippen LogP contribution >= 0.6 is 11.3 Å². The van der Waals surface area contributed by atoms with Crippen molar-refractivity contribution in [1.82, 2.24) is 15.2 Å². The van der Waals surface area contributed by atoms with Crippen LogP contribution in [0.5, 0.6) is 0 Å². The molecule has 0 unspecified atom stereocenters. The number of fused-ring (bicyclic) bond motifs is 4. The highest BCUT2D eigenvalue weighted by Gasteiger charge is 2.35. The maximum atomic E-state index is 12.7. The molecule has 2 aromatic rings. The fourth-order valence-corrected chi connectivity index (χ4v) is 5.41. The van der Waals surface area contributed by atoms with Crippen LogP contribution in [-0.2, 0) is 9.53 Å². The van der Waals surface area contributed by atoms with E-state index in [1.165, 1.54) is 24.2 Å². The van der Waals surface area contributed by atoms with Gasteiger partial charge in [-0.05, 0) is 44.0 Å². The minimum atomic E-state index is -0.104. The first-order valence-electron chi connectivity index (χ1n) is 9.48. The van der Waals surface area contributed by atoms with Gasteiger partial charge in [0.2, 0.25) is 0 Å². The van der Waals surface area contributed by atoms with Crippen molar-refractivity contribution in [2.75, 3.05) is 44.3 Å². The Balaban J connectivity index is 1.34. The summed E-state index contributed by atoms with van der Waals surface area (Å²) >= 11 is 1.52. The largest absolute Gasteiger partial charge is 0.370 e. The van der Waals surface area contributed by atoms with Gasteiger partial charge in [0, 0.05) is 28.9 Å². The molecule has 2 amide bonds. The maximum Gasteiger partial charge on any atom is 0.270 e. The van der Waals surface area contributed by atoms with Crippen LogP contribution in [0.15, 0.2) is 18.3 Å². The predicted molar refractivity (Wildman–Crippen MR) is 103 cm³/mol. The van der Waals surface area contributed by atoms with Gasteiger partial charge < -0.3 is 15.0 Å². The summed E-state index contributed by atoms with van der Waals surface area (Å²) < 4.78 is 6.17. The Bertz CT molecular complexity index is 890. The molecule has 2 bridgehead atoms. The van der Waals surface area contributed by atoms with Crippen LogP contribution in [0, 0.1) is 5.92 Å². The van der Waals surface area contributed by atoms with E-state index >= 15 is 0 Å². The summed E-state index contributed by atoms with van der Waals surface area (Å²) in [5.41, 5.74) is 0.445. The van der Waals surface area contributed by atoms with Crippen LogP contribution in [0.1, 0.15) is 23.3 Å². The molecule has 6 heterocycles. The Morgan fingerprint density at radius 2 is 2.11 bits per heavy atom. The smallest absolute Gasteiger partial charge is 0.270 e. The number of aromatic nitrogens is 1. The summed E-state index contributed by atoms with van der Waals surface area (Å²) in [6, 6.07) is 4.03. The number of rotatable bonds is 3. The van der Waals surface area contributed by atoms with E-state index < -0.39 is 0 Å². The van der Waals surface area contributed by atoms with Crippen molar-refractivity contribution in [2.24, 2.45) is 5.92 Å². The fourth-order valence-electron chi connectivity index (χ4n) is 4.30. The van der Waals surface area contributed by atoms with E-state index in [1.54, 1.807) is 11.1 Å². The Hall–Kier alpha value is -2.03. The molecule has 7 nitrogen and oxygen atoms in total. The summed E-state index contributed by atoms with van der Waals surface area (Å²) in [6.07, 6.45) is 4.06. The van der Waals surface area contributed by atoms with Crippen LogP contribution in [0.25, 0.3) is 10.1 Å². The summed E-state index contributed by atoms with van der Waals surface area (Å²) in [5, 5.41) is 5.03. The maximum absolute atomic E-state index is 12.7. The quantitative estimate of drug-likeness (QED) is 0.865. The van der Waals surface area contributed by atoms with E-state index in [0.29, 0.717) is 24.8 Å². The van der Waals surface area contributed by atoms with Crippen molar-refractivity contribution in [1.29, 1.82) is 0 Å². The van der Waals surface area contributed by atoms with Crippen molar-refractivity contribution in [3.8, 4) is 0 Å². The molecule has 4 fully saturated rings. The number of carbonyl (C=O) groups is 2. The van der Waals surface area contributed by atoms with Gasteiger partial charge in [-0.25, -0.2) is 0 Å². The second-order valence-electron chi connectivity index (χ2n) is 7.51. The standard InChI is InChI=1S/C19H22N4O3S/c24-17-11-26-6-5-23(17)18-7-13-9-20-14(8-16(13)27-18)19(25)21-15-10-22-3-1-12(15)2-4-22/h7-9,12,15H,1-6,10-11H2,(H,21,25)/t15-/m0/s1. The number of thiophene rings is 1. The van der Waals surface area contributed by atoms with Crippen LogP contribution in [0.3, 0.4) is 0 Å². The van der Waals surface area contributed by atoms with Gasteiger partial charge in [0.25, 0.3) is 11.8 Å². The minimum Gasteiger partial charge on any atom is -0.370 e. The van der Waals surface area contributed by atoms with Gasteiger partial charge in [0.15, 0.2) is 0 Å². The molecule has 4 aliphatic rings. The number of nitrogens with zero attached hydrogens (tertiary/aromatic N) is 3. The number of ether oxygens (including phenoxy) is 1. The number of hydrogen-bond acceptors (Lipinski definition) is 6. The van der Waals surface area contributed by atoms with Gasteiger partial charge in [-0.15, -0.1) is 11.3 Å². The van der Waals surface area contributed by atoms with Crippen LogP contribution in [0.4, 0.5) is 5.00 Å². The zero-order valence-corrected chi connectivity index (χ0v) is 15.8. The third kappa shape index (κ3) is 3.22. The molecule has 1 atom stereocenters. The molecule has 142 valence electrons. The zero-order chi connectivity index (χ0) is 18.4. The average Bonchev–Trinajstić information content (AvgIpc) is 3.12. The molecule has 0 spiro atoms. The molecule has 1 N–H and O–H groups in total. The Morgan fingerprint density at radius 1 is 1.26 bits per heavy atom. The number of piperidine rings is 3. The lowest BCUT2D eigenvalue weighted by atomic mass is 9.84. The fraction of sp³-hybridized carbons (Fsp3) is 0.526. The molecule has 8 heteroatoms. The molecule has 6 rings (SSSR count). The Labute approximate surface area is 161 Å². The van der Waals surface area contributed by atoms with Crippen molar-refractivity contribution < 1.29 is 14.3 Å². The topological polar surface area (TPSA) is 74.8 Å². The Kier molecular flexibility index (Phi) is 4.34. The predicted octanol–water partition coefficient (Wildman–Crippen LogP) is 1.48. The number of pyridine rings is 1. The molecular formula is C19H22N4O3S. The van der Waals surface area contributed by atoms with E-state index in [-0.39, 0.29) is 24.5 Å². The second kappa shape index (κ2) is 6.85. The molecule has 4 saturated heterocycles. The van der Waals surface area contributed by atoms with Crippen molar-refractivity contribution in [3.05, 3.63) is 24.0 Å². The van der Waals surface area contributed by atoms with E-state index in [4.69, 9.17) is 4.74 Å². The van der Waals surface area contributed by atoms with E-state index in [1.807, 2.05) is 12.1 Å². The number of amides is 2. The first-order chi connectivity index (χ1) is 13.2. The monoisotopic (exact) mass is 386 g/mol. The van der Waals surface area contributed by atoms with Crippen LogP contribution in [0.2, 0.25) is 0 Å². The van der Waals surface area contributed by atoms with Crippen molar-refractivity contribution in [2.45, 2.75) is 18.9 Å². The van der Waals surface area contributed by atoms with Gasteiger partial charge in [-0.1, -0.05) is 0 Å². The molecule has 27 heavy (non-hydrogen) atoms. The molecule has 0 saturated carbocycles. The van der Waals surface area contributed by atoms with Crippen molar-refractivity contribution >= 4 is 38.2 Å². The lowest BCUT2D eigenvalue weighted by molar-refractivity contribution is -0.125. The van der Waals surface area contributed by atoms with Crippen molar-refractivity contribution in [3.63, 3.8) is 0 Å².